The van der Waals surface area contributed by atoms with Crippen LogP contribution in [0.1, 0.15) is 40.5 Å². The Morgan fingerprint density at radius 3 is 2.35 bits per heavy atom. The molecule has 0 aliphatic heterocycles. The highest BCUT2D eigenvalue weighted by molar-refractivity contribution is 5.64. The maximum Gasteiger partial charge on any atom is 0.327 e. The lowest BCUT2D eigenvalue weighted by Gasteiger charge is -2.33. The summed E-state index contributed by atoms with van der Waals surface area (Å²) in [4.78, 5) is 12.5. The van der Waals surface area contributed by atoms with Crippen molar-refractivity contribution in [2.75, 3.05) is 11.4 Å². The number of anilines is 1. The minimum Gasteiger partial charge on any atom is -0.363 e. The van der Waals surface area contributed by atoms with Gasteiger partial charge in [0.05, 0.1) is 4.92 Å². The molecule has 0 amide bonds. The number of rotatable bonds is 7. The van der Waals surface area contributed by atoms with Crippen LogP contribution in [0.3, 0.4) is 0 Å². The van der Waals surface area contributed by atoms with Gasteiger partial charge in [-0.15, -0.1) is 0 Å². The van der Waals surface area contributed by atoms with Gasteiger partial charge in [0.25, 0.3) is 0 Å². The third-order valence-corrected chi connectivity index (χ3v) is 3.40. The van der Waals surface area contributed by atoms with Gasteiger partial charge in [-0.25, -0.2) is 0 Å². The molecular weight excluding hydrogens is 259 g/mol. The van der Waals surface area contributed by atoms with Crippen molar-refractivity contribution in [2.45, 2.75) is 46.6 Å². The van der Waals surface area contributed by atoms with E-state index in [-0.39, 0.29) is 6.04 Å². The minimum atomic E-state index is -0.771. The van der Waals surface area contributed by atoms with E-state index in [9.17, 15) is 14.5 Å². The van der Waals surface area contributed by atoms with Crippen LogP contribution in [-0.4, -0.2) is 17.5 Å². The summed E-state index contributed by atoms with van der Waals surface area (Å²) in [6.45, 7) is 8.89. The number of nitrogens with zero attached hydrogens (tertiary/aromatic N) is 2. The molecule has 1 aromatic rings. The van der Waals surface area contributed by atoms with Crippen molar-refractivity contribution in [1.82, 2.24) is 0 Å². The molecule has 0 heterocycles. The van der Waals surface area contributed by atoms with Crippen LogP contribution in [0.25, 0.3) is 0 Å². The van der Waals surface area contributed by atoms with Crippen molar-refractivity contribution < 1.29 is 9.31 Å². The van der Waals surface area contributed by atoms with Crippen molar-refractivity contribution in [1.29, 1.82) is 0 Å². The monoisotopic (exact) mass is 282 g/mol. The van der Waals surface area contributed by atoms with E-state index in [2.05, 4.69) is 13.8 Å². The first-order valence-electron chi connectivity index (χ1n) is 7.11. The van der Waals surface area contributed by atoms with E-state index in [1.807, 2.05) is 18.7 Å². The lowest BCUT2D eigenvalue weighted by Crippen LogP contribution is -2.37. The number of hydrogen-bond acceptors (Lipinski definition) is 3. The summed E-state index contributed by atoms with van der Waals surface area (Å²) >= 11 is 0. The molecule has 4 nitrogen and oxygen atoms in total. The van der Waals surface area contributed by atoms with Gasteiger partial charge in [0.1, 0.15) is 5.69 Å². The molecule has 5 heteroatoms. The predicted octanol–water partition coefficient (Wildman–Crippen LogP) is 4.38. The molecule has 1 rings (SSSR count). The lowest BCUT2D eigenvalue weighted by atomic mass is 10.1. The summed E-state index contributed by atoms with van der Waals surface area (Å²) in [5, 5.41) is 11.2. The Hall–Kier alpha value is -1.65. The molecule has 0 unspecified atom stereocenters. The summed E-state index contributed by atoms with van der Waals surface area (Å²) < 4.78 is 13.8. The zero-order chi connectivity index (χ0) is 15.3. The average Bonchev–Trinajstić information content (AvgIpc) is 2.37. The molecule has 0 bridgehead atoms. The summed E-state index contributed by atoms with van der Waals surface area (Å²) in [6, 6.07) is 4.50. The second kappa shape index (κ2) is 7.22. The number of nitro groups is 1. The number of hydrogen-bond donors (Lipinski definition) is 0. The van der Waals surface area contributed by atoms with Crippen LogP contribution in [-0.2, 0) is 0 Å². The third kappa shape index (κ3) is 3.68. The Morgan fingerprint density at radius 1 is 1.30 bits per heavy atom. The molecule has 0 fully saturated rings. The molecular formula is C15H23FN2O2. The lowest BCUT2D eigenvalue weighted by molar-refractivity contribution is -0.386. The topological polar surface area (TPSA) is 46.4 Å². The highest BCUT2D eigenvalue weighted by Crippen LogP contribution is 2.33. The molecule has 0 spiro atoms. The van der Waals surface area contributed by atoms with E-state index >= 15 is 0 Å². The van der Waals surface area contributed by atoms with E-state index in [0.717, 1.165) is 18.9 Å². The molecule has 0 aliphatic rings. The predicted molar refractivity (Wildman–Crippen MR) is 79.6 cm³/mol. The van der Waals surface area contributed by atoms with Gasteiger partial charge in [-0.2, -0.15) is 4.39 Å². The zero-order valence-corrected chi connectivity index (χ0v) is 12.6. The summed E-state index contributed by atoms with van der Waals surface area (Å²) in [5.41, 5.74) is -0.0301. The smallest absolute Gasteiger partial charge is 0.327 e. The van der Waals surface area contributed by atoms with Gasteiger partial charge in [-0.05, 0) is 30.9 Å². The highest BCUT2D eigenvalue weighted by Gasteiger charge is 2.27. The molecule has 0 saturated heterocycles. The maximum absolute atomic E-state index is 13.8. The van der Waals surface area contributed by atoms with E-state index < -0.39 is 16.4 Å². The molecule has 112 valence electrons. The molecule has 0 saturated carbocycles. The second-order valence-electron chi connectivity index (χ2n) is 5.38. The van der Waals surface area contributed by atoms with E-state index in [0.29, 0.717) is 18.2 Å². The first-order valence-corrected chi connectivity index (χ1v) is 7.11. The number of benzene rings is 1. The fourth-order valence-electron chi connectivity index (χ4n) is 2.48. The normalized spacial score (nSPS) is 11.2. The van der Waals surface area contributed by atoms with Crippen LogP contribution in [0.2, 0.25) is 0 Å². The van der Waals surface area contributed by atoms with Crippen LogP contribution in [0.5, 0.6) is 0 Å². The van der Waals surface area contributed by atoms with E-state index in [4.69, 9.17) is 0 Å². The van der Waals surface area contributed by atoms with E-state index in [1.165, 1.54) is 6.07 Å². The zero-order valence-electron chi connectivity index (χ0n) is 12.6. The Labute approximate surface area is 119 Å². The number of halogens is 1. The van der Waals surface area contributed by atoms with Gasteiger partial charge < -0.3 is 4.90 Å². The standard InChI is InChI=1S/C15H23FN2O2/c1-5-12(6-2)17(10-11(3)4)14-9-7-8-13(16)15(14)18(19)20/h7-9,11-12H,5-6,10H2,1-4H3. The van der Waals surface area contributed by atoms with Crippen LogP contribution in [0.15, 0.2) is 18.2 Å². The molecule has 0 atom stereocenters. The fraction of sp³-hybridized carbons (Fsp3) is 0.600. The Bertz CT molecular complexity index is 459. The number of para-hydroxylation sites is 1. The average molecular weight is 282 g/mol. The fourth-order valence-corrected chi connectivity index (χ4v) is 2.48. The van der Waals surface area contributed by atoms with Crippen LogP contribution in [0.4, 0.5) is 15.8 Å². The Morgan fingerprint density at radius 2 is 1.90 bits per heavy atom. The van der Waals surface area contributed by atoms with Crippen LogP contribution in [0, 0.1) is 21.8 Å². The van der Waals surface area contributed by atoms with E-state index in [1.54, 1.807) is 6.07 Å². The van der Waals surface area contributed by atoms with Gasteiger partial charge in [0, 0.05) is 12.6 Å². The van der Waals surface area contributed by atoms with Crippen LogP contribution < -0.4 is 4.90 Å². The molecule has 1 aromatic carbocycles. The van der Waals surface area contributed by atoms with Crippen molar-refractivity contribution >= 4 is 11.4 Å². The SMILES string of the molecule is CCC(CC)N(CC(C)C)c1cccc(F)c1[N+](=O)[O-]. The first kappa shape index (κ1) is 16.4. The molecule has 20 heavy (non-hydrogen) atoms. The molecule has 0 radical (unpaired) electrons. The molecule has 0 N–H and O–H groups in total. The molecule has 0 aromatic heterocycles. The quantitative estimate of drug-likeness (QED) is 0.550. The van der Waals surface area contributed by atoms with Gasteiger partial charge in [0.2, 0.25) is 5.82 Å². The third-order valence-electron chi connectivity index (χ3n) is 3.40. The van der Waals surface area contributed by atoms with Gasteiger partial charge in [-0.1, -0.05) is 33.8 Å². The first-order chi connectivity index (χ1) is 9.42. The van der Waals surface area contributed by atoms with Gasteiger partial charge in [-0.3, -0.25) is 10.1 Å². The maximum atomic E-state index is 13.8. The van der Waals surface area contributed by atoms with Crippen molar-refractivity contribution in [3.63, 3.8) is 0 Å². The number of nitro benzene ring substituents is 1. The summed E-state index contributed by atoms with van der Waals surface area (Å²) in [5.74, 6) is -0.425. The van der Waals surface area contributed by atoms with Crippen molar-refractivity contribution in [2.24, 2.45) is 5.92 Å². The summed E-state index contributed by atoms with van der Waals surface area (Å²) in [7, 11) is 0. The second-order valence-corrected chi connectivity index (χ2v) is 5.38. The van der Waals surface area contributed by atoms with Crippen LogP contribution >= 0.6 is 0 Å². The summed E-state index contributed by atoms with van der Waals surface area (Å²) in [6.07, 6.45) is 1.74. The Kier molecular flexibility index (Phi) is 5.92. The minimum absolute atomic E-state index is 0.179. The Balaban J connectivity index is 3.33. The largest absolute Gasteiger partial charge is 0.363 e. The van der Waals surface area contributed by atoms with Crippen molar-refractivity contribution in [3.8, 4) is 0 Å². The van der Waals surface area contributed by atoms with Crippen molar-refractivity contribution in [3.05, 3.63) is 34.1 Å². The highest BCUT2D eigenvalue weighted by atomic mass is 19.1. The molecule has 0 aliphatic carbocycles. The van der Waals surface area contributed by atoms with Gasteiger partial charge in [0.15, 0.2) is 0 Å². The van der Waals surface area contributed by atoms with Gasteiger partial charge >= 0.3 is 5.69 Å².